The molecule has 1 saturated heterocycles. The van der Waals surface area contributed by atoms with Gasteiger partial charge in [0.2, 0.25) is 11.1 Å². The Morgan fingerprint density at radius 1 is 1.31 bits per heavy atom. The molecule has 0 aliphatic carbocycles. The largest absolute Gasteiger partial charge is 0.435 e. The molecule has 1 amide bonds. The Balaban J connectivity index is 1.69. The predicted molar refractivity (Wildman–Crippen MR) is 107 cm³/mol. The van der Waals surface area contributed by atoms with Gasteiger partial charge in [-0.3, -0.25) is 4.79 Å². The molecule has 2 N–H and O–H groups in total. The Kier molecular flexibility index (Phi) is 6.94. The summed E-state index contributed by atoms with van der Waals surface area (Å²) in [5, 5.41) is 8.26. The van der Waals surface area contributed by atoms with Gasteiger partial charge in [0, 0.05) is 18.2 Å². The number of hydrogen-bond donors (Lipinski definition) is 1. The zero-order valence-electron chi connectivity index (χ0n) is 16.4. The number of aromatic nitrogens is 3. The van der Waals surface area contributed by atoms with Crippen molar-refractivity contribution in [2.24, 2.45) is 0 Å². The number of amides is 1. The molecule has 0 radical (unpaired) electrons. The molecule has 1 aromatic heterocycles. The molecule has 2 aromatic rings. The smallest absolute Gasteiger partial charge is 0.387 e. The molecule has 2 heterocycles. The molecule has 0 spiro atoms. The number of piperidine rings is 1. The predicted octanol–water partition coefficient (Wildman–Crippen LogP) is 3.53. The number of alkyl halides is 2. The summed E-state index contributed by atoms with van der Waals surface area (Å²) in [6, 6.07) is 6.27. The van der Waals surface area contributed by atoms with E-state index >= 15 is 0 Å². The van der Waals surface area contributed by atoms with Gasteiger partial charge in [0.1, 0.15) is 5.75 Å². The topological polar surface area (TPSA) is 86.3 Å². The van der Waals surface area contributed by atoms with Crippen LogP contribution in [0.5, 0.6) is 5.75 Å². The SMILES string of the molecule is CCC1CCCCN1C(=O)C(C)Sc1nnc(-c2ccc(OC(F)F)cc2)n1N. The number of nitrogens with zero attached hydrogens (tertiary/aromatic N) is 4. The standard InChI is InChI=1S/C19H25F2N5O2S/c1-3-14-6-4-5-11-25(14)17(27)12(2)29-19-24-23-16(26(19)22)13-7-9-15(10-8-13)28-18(20)21/h7-10,12,14,18H,3-6,11,22H2,1-2H3. The van der Waals surface area contributed by atoms with Gasteiger partial charge in [-0.05, 0) is 56.9 Å². The van der Waals surface area contributed by atoms with Gasteiger partial charge in [-0.15, -0.1) is 10.2 Å². The zero-order valence-corrected chi connectivity index (χ0v) is 17.2. The minimum absolute atomic E-state index is 0.0488. The molecular formula is C19H25F2N5O2S. The van der Waals surface area contributed by atoms with Crippen molar-refractivity contribution in [3.8, 4) is 17.1 Å². The maximum Gasteiger partial charge on any atom is 0.387 e. The van der Waals surface area contributed by atoms with Gasteiger partial charge in [-0.1, -0.05) is 18.7 Å². The van der Waals surface area contributed by atoms with E-state index in [9.17, 15) is 13.6 Å². The van der Waals surface area contributed by atoms with Crippen LogP contribution in [0.15, 0.2) is 29.4 Å². The van der Waals surface area contributed by atoms with Crippen LogP contribution in [0, 0.1) is 0 Å². The average molecular weight is 426 g/mol. The van der Waals surface area contributed by atoms with E-state index in [1.807, 2.05) is 11.8 Å². The number of halogens is 2. The third-order valence-corrected chi connectivity index (χ3v) is 6.06. The molecule has 10 heteroatoms. The van der Waals surface area contributed by atoms with E-state index in [0.29, 0.717) is 22.6 Å². The van der Waals surface area contributed by atoms with Crippen molar-refractivity contribution in [2.45, 2.75) is 62.6 Å². The number of ether oxygens (including phenoxy) is 1. The summed E-state index contributed by atoms with van der Waals surface area (Å²) < 4.78 is 30.2. The first-order chi connectivity index (χ1) is 13.9. The van der Waals surface area contributed by atoms with Crippen LogP contribution in [0.3, 0.4) is 0 Å². The number of thioether (sulfide) groups is 1. The van der Waals surface area contributed by atoms with E-state index in [1.54, 1.807) is 12.1 Å². The van der Waals surface area contributed by atoms with Gasteiger partial charge < -0.3 is 15.5 Å². The van der Waals surface area contributed by atoms with Crippen LogP contribution in [0.25, 0.3) is 11.4 Å². The van der Waals surface area contributed by atoms with Crippen LogP contribution in [-0.4, -0.2) is 50.1 Å². The zero-order chi connectivity index (χ0) is 21.0. The Morgan fingerprint density at radius 2 is 2.03 bits per heavy atom. The third kappa shape index (κ3) is 4.98. The fraction of sp³-hybridized carbons (Fsp3) is 0.526. The van der Waals surface area contributed by atoms with Crippen molar-refractivity contribution < 1.29 is 18.3 Å². The van der Waals surface area contributed by atoms with E-state index in [0.717, 1.165) is 32.2 Å². The first-order valence-electron chi connectivity index (χ1n) is 9.63. The summed E-state index contributed by atoms with van der Waals surface area (Å²) >= 11 is 1.26. The van der Waals surface area contributed by atoms with Crippen molar-refractivity contribution in [3.63, 3.8) is 0 Å². The van der Waals surface area contributed by atoms with Gasteiger partial charge in [0.05, 0.1) is 5.25 Å². The fourth-order valence-electron chi connectivity index (χ4n) is 3.50. The number of nitrogen functional groups attached to an aromatic ring is 1. The van der Waals surface area contributed by atoms with Gasteiger partial charge in [-0.25, -0.2) is 4.68 Å². The van der Waals surface area contributed by atoms with Crippen molar-refractivity contribution in [1.29, 1.82) is 0 Å². The monoisotopic (exact) mass is 425 g/mol. The third-order valence-electron chi connectivity index (χ3n) is 5.01. The maximum atomic E-state index is 12.9. The Bertz CT molecular complexity index is 831. The molecule has 158 valence electrons. The van der Waals surface area contributed by atoms with E-state index in [1.165, 1.54) is 28.6 Å². The summed E-state index contributed by atoms with van der Waals surface area (Å²) in [6.45, 7) is 1.86. The molecule has 3 rings (SSSR count). The van der Waals surface area contributed by atoms with Gasteiger partial charge in [-0.2, -0.15) is 8.78 Å². The van der Waals surface area contributed by atoms with E-state index in [2.05, 4.69) is 21.9 Å². The van der Waals surface area contributed by atoms with Crippen LogP contribution in [-0.2, 0) is 4.79 Å². The Morgan fingerprint density at radius 3 is 2.69 bits per heavy atom. The van der Waals surface area contributed by atoms with Crippen LogP contribution in [0.1, 0.15) is 39.5 Å². The summed E-state index contributed by atoms with van der Waals surface area (Å²) in [5.41, 5.74) is 0.606. The molecule has 29 heavy (non-hydrogen) atoms. The number of carbonyl (C=O) groups is 1. The Labute approximate surface area is 172 Å². The summed E-state index contributed by atoms with van der Waals surface area (Å²) in [6.07, 6.45) is 4.18. The number of hydrogen-bond acceptors (Lipinski definition) is 6. The lowest BCUT2D eigenvalue weighted by Gasteiger charge is -2.36. The molecule has 7 nitrogen and oxygen atoms in total. The van der Waals surface area contributed by atoms with Crippen LogP contribution in [0.4, 0.5) is 8.78 Å². The van der Waals surface area contributed by atoms with Crippen molar-refractivity contribution in [2.75, 3.05) is 12.4 Å². The lowest BCUT2D eigenvalue weighted by molar-refractivity contribution is -0.134. The quantitative estimate of drug-likeness (QED) is 0.540. The lowest BCUT2D eigenvalue weighted by Crippen LogP contribution is -2.46. The van der Waals surface area contributed by atoms with E-state index < -0.39 is 6.61 Å². The highest BCUT2D eigenvalue weighted by Gasteiger charge is 2.30. The minimum Gasteiger partial charge on any atom is -0.435 e. The van der Waals surface area contributed by atoms with Gasteiger partial charge >= 0.3 is 6.61 Å². The molecule has 1 aliphatic rings. The minimum atomic E-state index is -2.88. The molecule has 2 atom stereocenters. The second kappa shape index (κ2) is 9.43. The van der Waals surface area contributed by atoms with Crippen molar-refractivity contribution in [1.82, 2.24) is 19.8 Å². The highest BCUT2D eigenvalue weighted by molar-refractivity contribution is 8.00. The lowest BCUT2D eigenvalue weighted by atomic mass is 10.00. The van der Waals surface area contributed by atoms with Crippen molar-refractivity contribution >= 4 is 17.7 Å². The van der Waals surface area contributed by atoms with Crippen LogP contribution < -0.4 is 10.6 Å². The number of likely N-dealkylation sites (tertiary alicyclic amines) is 1. The molecule has 1 fully saturated rings. The highest BCUT2D eigenvalue weighted by atomic mass is 32.2. The molecular weight excluding hydrogens is 400 g/mol. The van der Waals surface area contributed by atoms with Crippen LogP contribution in [0.2, 0.25) is 0 Å². The second-order valence-electron chi connectivity index (χ2n) is 6.93. The van der Waals surface area contributed by atoms with Gasteiger partial charge in [0.25, 0.3) is 0 Å². The second-order valence-corrected chi connectivity index (χ2v) is 8.24. The first kappa shape index (κ1) is 21.4. The molecule has 0 bridgehead atoms. The summed E-state index contributed by atoms with van der Waals surface area (Å²) in [5.74, 6) is 6.64. The first-order valence-corrected chi connectivity index (χ1v) is 10.5. The van der Waals surface area contributed by atoms with Gasteiger partial charge in [0.15, 0.2) is 5.82 Å². The number of rotatable bonds is 7. The van der Waals surface area contributed by atoms with Crippen molar-refractivity contribution in [3.05, 3.63) is 24.3 Å². The molecule has 0 saturated carbocycles. The Hall–Kier alpha value is -2.36. The molecule has 1 aliphatic heterocycles. The molecule has 1 aromatic carbocycles. The maximum absolute atomic E-state index is 12.9. The van der Waals surface area contributed by atoms with E-state index in [-0.39, 0.29) is 16.9 Å². The average Bonchev–Trinajstić information content (AvgIpc) is 3.07. The number of nitrogens with two attached hydrogens (primary N) is 1. The number of benzene rings is 1. The number of carbonyl (C=O) groups excluding carboxylic acids is 1. The normalized spacial score (nSPS) is 18.1. The highest BCUT2D eigenvalue weighted by Crippen LogP contribution is 2.29. The fourth-order valence-corrected chi connectivity index (χ4v) is 4.34. The summed E-state index contributed by atoms with van der Waals surface area (Å²) in [4.78, 5) is 14.9. The van der Waals surface area contributed by atoms with Crippen LogP contribution >= 0.6 is 11.8 Å². The summed E-state index contributed by atoms with van der Waals surface area (Å²) in [7, 11) is 0. The molecule has 2 unspecified atom stereocenters. The van der Waals surface area contributed by atoms with E-state index in [4.69, 9.17) is 5.84 Å².